The molecule has 0 bridgehead atoms. The maximum absolute atomic E-state index is 12.4. The molecule has 3 rings (SSSR count). The molecule has 0 spiro atoms. The van der Waals surface area contributed by atoms with Gasteiger partial charge in [-0.1, -0.05) is 17.2 Å². The summed E-state index contributed by atoms with van der Waals surface area (Å²) in [6, 6.07) is 11.7. The Balaban J connectivity index is 1.67. The third-order valence-electron chi connectivity index (χ3n) is 4.64. The summed E-state index contributed by atoms with van der Waals surface area (Å²) in [7, 11) is 3.24. The molecule has 1 heterocycles. The molecule has 2 aromatic carbocycles. The Bertz CT molecular complexity index is 1010. The zero-order valence-electron chi connectivity index (χ0n) is 17.5. The van der Waals surface area contributed by atoms with Crippen LogP contribution in [0.4, 0.5) is 0 Å². The van der Waals surface area contributed by atoms with Crippen LogP contribution in [-0.2, 0) is 6.42 Å². The van der Waals surface area contributed by atoms with Gasteiger partial charge in [-0.2, -0.15) is 0 Å². The van der Waals surface area contributed by atoms with Gasteiger partial charge in [-0.15, -0.1) is 11.3 Å². The van der Waals surface area contributed by atoms with E-state index in [2.05, 4.69) is 11.4 Å². The molecule has 1 aromatic heterocycles. The fourth-order valence-electron chi connectivity index (χ4n) is 3.25. The predicted molar refractivity (Wildman–Crippen MR) is 117 cm³/mol. The molecular formula is C23H26N2O3S. The summed E-state index contributed by atoms with van der Waals surface area (Å²) in [6.45, 7) is 6.57. The second-order valence-electron chi connectivity index (χ2n) is 6.98. The number of aryl methyl sites for hydroxylation is 3. The molecule has 0 atom stereocenters. The molecule has 0 fully saturated rings. The van der Waals surface area contributed by atoms with E-state index in [9.17, 15) is 4.79 Å². The number of amides is 1. The largest absolute Gasteiger partial charge is 0.493 e. The van der Waals surface area contributed by atoms with Crippen LogP contribution in [-0.4, -0.2) is 31.7 Å². The van der Waals surface area contributed by atoms with Crippen molar-refractivity contribution in [3.63, 3.8) is 0 Å². The van der Waals surface area contributed by atoms with Crippen LogP contribution < -0.4 is 14.8 Å². The molecule has 5 nitrogen and oxygen atoms in total. The Morgan fingerprint density at radius 3 is 2.34 bits per heavy atom. The van der Waals surface area contributed by atoms with Crippen molar-refractivity contribution in [2.75, 3.05) is 20.8 Å². The molecular weight excluding hydrogens is 384 g/mol. The van der Waals surface area contributed by atoms with E-state index in [4.69, 9.17) is 14.5 Å². The topological polar surface area (TPSA) is 60.5 Å². The SMILES string of the molecule is COc1ccc(-c2nc(C)c(CCNC(=O)c3cc(C)cc(C)c3)s2)cc1OC. The van der Waals surface area contributed by atoms with Crippen molar-refractivity contribution in [3.8, 4) is 22.1 Å². The van der Waals surface area contributed by atoms with Crippen LogP contribution >= 0.6 is 11.3 Å². The average molecular weight is 411 g/mol. The Labute approximate surface area is 175 Å². The molecule has 0 saturated heterocycles. The number of nitrogens with zero attached hydrogens (tertiary/aromatic N) is 1. The Morgan fingerprint density at radius 2 is 1.69 bits per heavy atom. The van der Waals surface area contributed by atoms with Crippen molar-refractivity contribution >= 4 is 17.2 Å². The van der Waals surface area contributed by atoms with Crippen LogP contribution in [0, 0.1) is 20.8 Å². The lowest BCUT2D eigenvalue weighted by atomic mass is 10.1. The minimum atomic E-state index is -0.0425. The number of ether oxygens (including phenoxy) is 2. The normalized spacial score (nSPS) is 10.7. The van der Waals surface area contributed by atoms with E-state index in [0.717, 1.165) is 38.7 Å². The summed E-state index contributed by atoms with van der Waals surface area (Å²) >= 11 is 1.64. The number of hydrogen-bond donors (Lipinski definition) is 1. The third kappa shape index (κ3) is 4.95. The fraction of sp³-hybridized carbons (Fsp3) is 0.304. The van der Waals surface area contributed by atoms with Gasteiger partial charge in [0.15, 0.2) is 11.5 Å². The summed E-state index contributed by atoms with van der Waals surface area (Å²) in [4.78, 5) is 18.3. The van der Waals surface area contributed by atoms with Crippen LogP contribution in [0.5, 0.6) is 11.5 Å². The highest BCUT2D eigenvalue weighted by Crippen LogP contribution is 2.35. The summed E-state index contributed by atoms with van der Waals surface area (Å²) in [5.41, 5.74) is 4.86. The summed E-state index contributed by atoms with van der Waals surface area (Å²) in [6.07, 6.45) is 0.743. The smallest absolute Gasteiger partial charge is 0.251 e. The number of nitrogens with one attached hydrogen (secondary N) is 1. The zero-order chi connectivity index (χ0) is 21.0. The summed E-state index contributed by atoms with van der Waals surface area (Å²) in [5.74, 6) is 1.33. The molecule has 152 valence electrons. The number of benzene rings is 2. The highest BCUT2D eigenvalue weighted by atomic mass is 32.1. The van der Waals surface area contributed by atoms with E-state index in [1.54, 1.807) is 25.6 Å². The van der Waals surface area contributed by atoms with Crippen LogP contribution in [0.1, 0.15) is 32.1 Å². The summed E-state index contributed by atoms with van der Waals surface area (Å²) in [5, 5.41) is 3.94. The van der Waals surface area contributed by atoms with Gasteiger partial charge >= 0.3 is 0 Å². The van der Waals surface area contributed by atoms with E-state index in [-0.39, 0.29) is 5.91 Å². The second-order valence-corrected chi connectivity index (χ2v) is 8.06. The van der Waals surface area contributed by atoms with Crippen molar-refractivity contribution in [3.05, 3.63) is 63.7 Å². The number of aromatic nitrogens is 1. The number of carbonyl (C=O) groups is 1. The molecule has 29 heavy (non-hydrogen) atoms. The number of carbonyl (C=O) groups excluding carboxylic acids is 1. The number of thiazole rings is 1. The molecule has 0 radical (unpaired) electrons. The van der Waals surface area contributed by atoms with Gasteiger partial charge in [0.1, 0.15) is 5.01 Å². The first-order chi connectivity index (χ1) is 13.9. The van der Waals surface area contributed by atoms with Gasteiger partial charge in [0.25, 0.3) is 5.91 Å². The van der Waals surface area contributed by atoms with Crippen molar-refractivity contribution in [2.24, 2.45) is 0 Å². The van der Waals surface area contributed by atoms with Crippen LogP contribution in [0.2, 0.25) is 0 Å². The van der Waals surface area contributed by atoms with Gasteiger partial charge in [-0.3, -0.25) is 4.79 Å². The number of methoxy groups -OCH3 is 2. The predicted octanol–water partition coefficient (Wildman–Crippen LogP) is 4.73. The van der Waals surface area contributed by atoms with Crippen LogP contribution in [0.25, 0.3) is 10.6 Å². The highest BCUT2D eigenvalue weighted by Gasteiger charge is 2.13. The lowest BCUT2D eigenvalue weighted by Crippen LogP contribution is -2.25. The van der Waals surface area contributed by atoms with Gasteiger partial charge < -0.3 is 14.8 Å². The molecule has 0 aliphatic heterocycles. The van der Waals surface area contributed by atoms with Crippen molar-refractivity contribution in [1.82, 2.24) is 10.3 Å². The van der Waals surface area contributed by atoms with Crippen molar-refractivity contribution in [2.45, 2.75) is 27.2 Å². The van der Waals surface area contributed by atoms with Crippen molar-refractivity contribution < 1.29 is 14.3 Å². The molecule has 0 aliphatic carbocycles. The minimum Gasteiger partial charge on any atom is -0.493 e. The Kier molecular flexibility index (Phi) is 6.54. The van der Waals surface area contributed by atoms with Gasteiger partial charge in [-0.25, -0.2) is 4.98 Å². The average Bonchev–Trinajstić information content (AvgIpc) is 3.07. The molecule has 1 amide bonds. The zero-order valence-corrected chi connectivity index (χ0v) is 18.3. The van der Waals surface area contributed by atoms with Gasteiger partial charge in [0.2, 0.25) is 0 Å². The van der Waals surface area contributed by atoms with E-state index >= 15 is 0 Å². The van der Waals surface area contributed by atoms with Gasteiger partial charge in [-0.05, 0) is 51.1 Å². The second kappa shape index (κ2) is 9.09. The lowest BCUT2D eigenvalue weighted by molar-refractivity contribution is 0.0954. The number of rotatable bonds is 7. The maximum atomic E-state index is 12.4. The first kappa shape index (κ1) is 20.9. The van der Waals surface area contributed by atoms with Crippen LogP contribution in [0.3, 0.4) is 0 Å². The molecule has 6 heteroatoms. The molecule has 3 aromatic rings. The molecule has 0 aliphatic rings. The summed E-state index contributed by atoms with van der Waals surface area (Å²) < 4.78 is 10.7. The Hall–Kier alpha value is -2.86. The highest BCUT2D eigenvalue weighted by molar-refractivity contribution is 7.15. The quantitative estimate of drug-likeness (QED) is 0.612. The van der Waals surface area contributed by atoms with Crippen LogP contribution in [0.15, 0.2) is 36.4 Å². The minimum absolute atomic E-state index is 0.0425. The maximum Gasteiger partial charge on any atom is 0.251 e. The van der Waals surface area contributed by atoms with E-state index in [0.29, 0.717) is 23.6 Å². The van der Waals surface area contributed by atoms with Gasteiger partial charge in [0, 0.05) is 29.0 Å². The lowest BCUT2D eigenvalue weighted by Gasteiger charge is -2.08. The first-order valence-electron chi connectivity index (χ1n) is 9.46. The molecule has 0 saturated carbocycles. The van der Waals surface area contributed by atoms with E-state index in [1.807, 2.05) is 51.1 Å². The monoisotopic (exact) mass is 410 g/mol. The van der Waals surface area contributed by atoms with E-state index < -0.39 is 0 Å². The first-order valence-corrected chi connectivity index (χ1v) is 10.3. The number of hydrogen-bond acceptors (Lipinski definition) is 5. The molecule has 0 unspecified atom stereocenters. The van der Waals surface area contributed by atoms with Crippen molar-refractivity contribution in [1.29, 1.82) is 0 Å². The fourth-order valence-corrected chi connectivity index (χ4v) is 4.31. The molecule has 1 N–H and O–H groups in total. The van der Waals surface area contributed by atoms with E-state index in [1.165, 1.54) is 0 Å². The standard InChI is InChI=1S/C23H26N2O3S/c1-14-10-15(2)12-18(11-14)22(26)24-9-8-21-16(3)25-23(29-21)17-6-7-19(27-4)20(13-17)28-5/h6-7,10-13H,8-9H2,1-5H3,(H,24,26). The Morgan fingerprint density at radius 1 is 1.00 bits per heavy atom. The van der Waals surface area contributed by atoms with Gasteiger partial charge in [0.05, 0.1) is 19.9 Å². The third-order valence-corrected chi connectivity index (χ3v) is 5.91.